The number of benzene rings is 1. The van der Waals surface area contributed by atoms with E-state index in [1.54, 1.807) is 24.3 Å². The highest BCUT2D eigenvalue weighted by Crippen LogP contribution is 2.32. The van der Waals surface area contributed by atoms with Crippen molar-refractivity contribution in [2.24, 2.45) is 16.4 Å². The van der Waals surface area contributed by atoms with Gasteiger partial charge in [-0.05, 0) is 48.9 Å². The van der Waals surface area contributed by atoms with E-state index < -0.39 is 0 Å². The number of nitrogens with zero attached hydrogens (tertiary/aromatic N) is 1. The number of nitrogens with one attached hydrogen (secondary N) is 2. The van der Waals surface area contributed by atoms with Gasteiger partial charge >= 0.3 is 0 Å². The second-order valence-corrected chi connectivity index (χ2v) is 7.69. The lowest BCUT2D eigenvalue weighted by molar-refractivity contribution is -0.120. The SMILES string of the molecule is CC1(C)CC(=O)C/C(=N/NC(=O)c2ccc(NC(=O)C3CC3)cc2)C1. The van der Waals surface area contributed by atoms with Crippen LogP contribution in [0.25, 0.3) is 0 Å². The maximum Gasteiger partial charge on any atom is 0.271 e. The molecule has 2 fully saturated rings. The Morgan fingerprint density at radius 1 is 1.12 bits per heavy atom. The number of hydrogen-bond donors (Lipinski definition) is 2. The molecule has 25 heavy (non-hydrogen) atoms. The molecular formula is C19H23N3O3. The van der Waals surface area contributed by atoms with Crippen LogP contribution >= 0.6 is 0 Å². The molecule has 0 heterocycles. The molecule has 2 saturated carbocycles. The minimum absolute atomic E-state index is 0.0354. The topological polar surface area (TPSA) is 87.6 Å². The molecule has 0 atom stereocenters. The van der Waals surface area contributed by atoms with Crippen molar-refractivity contribution < 1.29 is 14.4 Å². The Morgan fingerprint density at radius 2 is 1.80 bits per heavy atom. The first-order valence-corrected chi connectivity index (χ1v) is 8.61. The van der Waals surface area contributed by atoms with E-state index in [1.807, 2.05) is 13.8 Å². The highest BCUT2D eigenvalue weighted by molar-refractivity contribution is 6.05. The van der Waals surface area contributed by atoms with Gasteiger partial charge in [-0.1, -0.05) is 13.8 Å². The average molecular weight is 341 g/mol. The van der Waals surface area contributed by atoms with E-state index in [4.69, 9.17) is 0 Å². The standard InChI is InChI=1S/C19H23N3O3/c1-19(2)10-15(9-16(23)11-19)21-22-18(25)13-5-7-14(8-6-13)20-17(24)12-3-4-12/h5-8,12H,3-4,9-11H2,1-2H3,(H,20,24)(H,22,25)/b21-15-. The molecule has 0 saturated heterocycles. The van der Waals surface area contributed by atoms with Crippen molar-refractivity contribution in [3.05, 3.63) is 29.8 Å². The fourth-order valence-electron chi connectivity index (χ4n) is 3.07. The molecular weight excluding hydrogens is 318 g/mol. The van der Waals surface area contributed by atoms with E-state index in [2.05, 4.69) is 15.8 Å². The van der Waals surface area contributed by atoms with Gasteiger partial charge in [0, 0.05) is 35.7 Å². The number of carbonyl (C=O) groups is 3. The third-order valence-corrected chi connectivity index (χ3v) is 4.44. The van der Waals surface area contributed by atoms with Crippen LogP contribution in [0.3, 0.4) is 0 Å². The van der Waals surface area contributed by atoms with Gasteiger partial charge in [-0.25, -0.2) is 5.43 Å². The Hall–Kier alpha value is -2.50. The molecule has 132 valence electrons. The van der Waals surface area contributed by atoms with Crippen LogP contribution in [0.1, 0.15) is 56.3 Å². The fourth-order valence-corrected chi connectivity index (χ4v) is 3.07. The third-order valence-electron chi connectivity index (χ3n) is 4.44. The summed E-state index contributed by atoms with van der Waals surface area (Å²) in [5, 5.41) is 6.97. The minimum atomic E-state index is -0.330. The summed E-state index contributed by atoms with van der Waals surface area (Å²) < 4.78 is 0. The van der Waals surface area contributed by atoms with Gasteiger partial charge in [0.25, 0.3) is 5.91 Å². The Bertz CT molecular complexity index is 731. The molecule has 2 amide bonds. The zero-order valence-corrected chi connectivity index (χ0v) is 14.6. The normalized spacial score (nSPS) is 21.0. The molecule has 2 aliphatic carbocycles. The number of amides is 2. The van der Waals surface area contributed by atoms with Crippen molar-refractivity contribution in [3.63, 3.8) is 0 Å². The first kappa shape index (κ1) is 17.3. The quantitative estimate of drug-likeness (QED) is 0.826. The second-order valence-electron chi connectivity index (χ2n) is 7.69. The number of Topliss-reactive ketones (excluding diaryl/α,β-unsaturated/α-hetero) is 1. The van der Waals surface area contributed by atoms with Crippen LogP contribution in [-0.4, -0.2) is 23.3 Å². The van der Waals surface area contributed by atoms with Crippen molar-refractivity contribution in [3.8, 4) is 0 Å². The van der Waals surface area contributed by atoms with Crippen LogP contribution in [0.4, 0.5) is 5.69 Å². The van der Waals surface area contributed by atoms with Crippen molar-refractivity contribution in [1.82, 2.24) is 5.43 Å². The average Bonchev–Trinajstić information content (AvgIpc) is 3.36. The minimum Gasteiger partial charge on any atom is -0.326 e. The van der Waals surface area contributed by atoms with Crippen molar-refractivity contribution >= 4 is 29.0 Å². The Morgan fingerprint density at radius 3 is 2.40 bits per heavy atom. The van der Waals surface area contributed by atoms with Gasteiger partial charge in [-0.2, -0.15) is 5.10 Å². The van der Waals surface area contributed by atoms with Gasteiger partial charge < -0.3 is 5.32 Å². The van der Waals surface area contributed by atoms with Gasteiger partial charge in [0.2, 0.25) is 5.91 Å². The summed E-state index contributed by atoms with van der Waals surface area (Å²) in [6, 6.07) is 6.70. The molecule has 3 rings (SSSR count). The van der Waals surface area contributed by atoms with Crippen LogP contribution in [0.2, 0.25) is 0 Å². The monoisotopic (exact) mass is 341 g/mol. The molecule has 0 unspecified atom stereocenters. The maximum atomic E-state index is 12.2. The summed E-state index contributed by atoms with van der Waals surface area (Å²) in [7, 11) is 0. The van der Waals surface area contributed by atoms with E-state index in [-0.39, 0.29) is 28.9 Å². The van der Waals surface area contributed by atoms with Crippen molar-refractivity contribution in [2.45, 2.75) is 46.0 Å². The molecule has 6 heteroatoms. The first-order valence-electron chi connectivity index (χ1n) is 8.61. The summed E-state index contributed by atoms with van der Waals surface area (Å²) in [5.74, 6) is -0.00200. The summed E-state index contributed by atoms with van der Waals surface area (Å²) in [4.78, 5) is 35.7. The van der Waals surface area contributed by atoms with E-state index >= 15 is 0 Å². The predicted molar refractivity (Wildman–Crippen MR) is 95.3 cm³/mol. The van der Waals surface area contributed by atoms with E-state index in [0.717, 1.165) is 12.8 Å². The van der Waals surface area contributed by atoms with E-state index in [9.17, 15) is 14.4 Å². The van der Waals surface area contributed by atoms with E-state index in [0.29, 0.717) is 36.2 Å². The number of hydrazone groups is 1. The lowest BCUT2D eigenvalue weighted by Crippen LogP contribution is -2.31. The van der Waals surface area contributed by atoms with Gasteiger partial charge in [0.1, 0.15) is 5.78 Å². The highest BCUT2D eigenvalue weighted by Gasteiger charge is 2.31. The van der Waals surface area contributed by atoms with Gasteiger partial charge in [0.15, 0.2) is 0 Å². The molecule has 0 bridgehead atoms. The number of anilines is 1. The van der Waals surface area contributed by atoms with Crippen LogP contribution in [0, 0.1) is 11.3 Å². The van der Waals surface area contributed by atoms with Gasteiger partial charge in [0.05, 0.1) is 0 Å². The first-order chi connectivity index (χ1) is 11.8. The van der Waals surface area contributed by atoms with Crippen LogP contribution in [0.5, 0.6) is 0 Å². The summed E-state index contributed by atoms with van der Waals surface area (Å²) in [6.45, 7) is 4.05. The Balaban J connectivity index is 1.58. The molecule has 0 radical (unpaired) electrons. The molecule has 1 aromatic carbocycles. The molecule has 1 aromatic rings. The van der Waals surface area contributed by atoms with Crippen LogP contribution in [0.15, 0.2) is 29.4 Å². The van der Waals surface area contributed by atoms with E-state index in [1.165, 1.54) is 0 Å². The largest absolute Gasteiger partial charge is 0.326 e. The summed E-state index contributed by atoms with van der Waals surface area (Å²) >= 11 is 0. The fraction of sp³-hybridized carbons (Fsp3) is 0.474. The van der Waals surface area contributed by atoms with Gasteiger partial charge in [-0.3, -0.25) is 14.4 Å². The Kier molecular flexibility index (Phi) is 4.70. The zero-order chi connectivity index (χ0) is 18.0. The van der Waals surface area contributed by atoms with Crippen LogP contribution in [-0.2, 0) is 9.59 Å². The molecule has 0 aromatic heterocycles. The van der Waals surface area contributed by atoms with Crippen molar-refractivity contribution in [2.75, 3.05) is 5.32 Å². The molecule has 2 N–H and O–H groups in total. The molecule has 2 aliphatic rings. The van der Waals surface area contributed by atoms with Crippen molar-refractivity contribution in [1.29, 1.82) is 0 Å². The summed E-state index contributed by atoms with van der Waals surface area (Å²) in [6.07, 6.45) is 3.45. The number of rotatable bonds is 4. The molecule has 0 aliphatic heterocycles. The molecule has 0 spiro atoms. The number of ketones is 1. The predicted octanol–water partition coefficient (Wildman–Crippen LogP) is 2.90. The van der Waals surface area contributed by atoms with Gasteiger partial charge in [-0.15, -0.1) is 0 Å². The van der Waals surface area contributed by atoms with Crippen LogP contribution < -0.4 is 10.7 Å². The highest BCUT2D eigenvalue weighted by atomic mass is 16.2. The third kappa shape index (κ3) is 4.75. The Labute approximate surface area is 147 Å². The molecule has 6 nitrogen and oxygen atoms in total. The number of hydrogen-bond acceptors (Lipinski definition) is 4. The lowest BCUT2D eigenvalue weighted by Gasteiger charge is -2.28. The second kappa shape index (κ2) is 6.78. The zero-order valence-electron chi connectivity index (χ0n) is 14.6. The summed E-state index contributed by atoms with van der Waals surface area (Å²) in [5.41, 5.74) is 4.26. The number of carbonyl (C=O) groups excluding carboxylic acids is 3. The lowest BCUT2D eigenvalue weighted by atomic mass is 9.76. The maximum absolute atomic E-state index is 12.2. The smallest absolute Gasteiger partial charge is 0.271 e.